The smallest absolute Gasteiger partial charge is 0.228 e. The van der Waals surface area contributed by atoms with Crippen LogP contribution in [0.2, 0.25) is 0 Å². The molecule has 2 nitrogen and oxygen atoms in total. The third kappa shape index (κ3) is 1.40. The summed E-state index contributed by atoms with van der Waals surface area (Å²) in [5, 5.41) is 0. The average molecular weight is 205 g/mol. The van der Waals surface area contributed by atoms with Gasteiger partial charge in [0, 0.05) is 7.05 Å². The Hall–Kier alpha value is -1.35. The fourth-order valence-corrected chi connectivity index (χ4v) is 1.85. The molecule has 0 aliphatic carbocycles. The van der Waals surface area contributed by atoms with Crippen molar-refractivity contribution in [2.24, 2.45) is 7.05 Å². The lowest BCUT2D eigenvalue weighted by Crippen LogP contribution is -1.88. The number of benzene rings is 1. The maximum absolute atomic E-state index is 5.33. The first-order valence-electron chi connectivity index (χ1n) is 4.42. The van der Waals surface area contributed by atoms with E-state index in [0.717, 1.165) is 16.8 Å². The zero-order valence-electron chi connectivity index (χ0n) is 8.15. The Morgan fingerprint density at radius 3 is 2.36 bits per heavy atom. The predicted molar refractivity (Wildman–Crippen MR) is 58.7 cm³/mol. The monoisotopic (exact) mass is 205 g/mol. The predicted octanol–water partition coefficient (Wildman–Crippen LogP) is 3.32. The van der Waals surface area contributed by atoms with E-state index in [1.165, 1.54) is 0 Å². The highest BCUT2D eigenvalue weighted by molar-refractivity contribution is 7.71. The van der Waals surface area contributed by atoms with Gasteiger partial charge in [-0.2, -0.15) is 0 Å². The van der Waals surface area contributed by atoms with Crippen molar-refractivity contribution in [3.05, 3.63) is 40.7 Å². The Morgan fingerprint density at radius 1 is 1.21 bits per heavy atom. The highest BCUT2D eigenvalue weighted by Gasteiger charge is 2.09. The number of nitrogens with zero attached hydrogens (tertiary/aromatic N) is 1. The highest BCUT2D eigenvalue weighted by Crippen LogP contribution is 2.25. The van der Waals surface area contributed by atoms with Gasteiger partial charge in [0.15, 0.2) is 0 Å². The van der Waals surface area contributed by atoms with Crippen LogP contribution in [0.15, 0.2) is 34.9 Å². The summed E-state index contributed by atoms with van der Waals surface area (Å²) < 4.78 is 7.58. The van der Waals surface area contributed by atoms with Gasteiger partial charge in [-0.05, 0) is 24.7 Å². The maximum Gasteiger partial charge on any atom is 0.228 e. The molecule has 14 heavy (non-hydrogen) atoms. The topological polar surface area (TPSA) is 18.1 Å². The molecule has 0 saturated carbocycles. The number of hydrogen-bond donors (Lipinski definition) is 0. The van der Waals surface area contributed by atoms with E-state index in [1.54, 1.807) is 4.74 Å². The lowest BCUT2D eigenvalue weighted by molar-refractivity contribution is 0.292. The number of rotatable bonds is 1. The quantitative estimate of drug-likeness (QED) is 0.665. The summed E-state index contributed by atoms with van der Waals surface area (Å²) in [4.78, 5) is 0. The molecule has 0 N–H and O–H groups in total. The van der Waals surface area contributed by atoms with E-state index >= 15 is 0 Å². The molecule has 3 heteroatoms. The van der Waals surface area contributed by atoms with Gasteiger partial charge in [-0.1, -0.05) is 30.3 Å². The van der Waals surface area contributed by atoms with E-state index < -0.39 is 0 Å². The SMILES string of the molecule is Cc1c(-c2ccccc2)c(=S)on1C. The Morgan fingerprint density at radius 2 is 1.86 bits per heavy atom. The third-order valence-electron chi connectivity index (χ3n) is 2.32. The number of aryl methyl sites for hydroxylation is 1. The van der Waals surface area contributed by atoms with E-state index in [9.17, 15) is 0 Å². The van der Waals surface area contributed by atoms with Crippen molar-refractivity contribution in [3.8, 4) is 11.1 Å². The molecule has 0 atom stereocenters. The second kappa shape index (κ2) is 3.42. The fourth-order valence-electron chi connectivity index (χ4n) is 1.48. The lowest BCUT2D eigenvalue weighted by Gasteiger charge is -1.97. The number of aromatic nitrogens is 1. The summed E-state index contributed by atoms with van der Waals surface area (Å²) in [6, 6.07) is 10.1. The van der Waals surface area contributed by atoms with Crippen LogP contribution in [-0.2, 0) is 7.05 Å². The third-order valence-corrected chi connectivity index (χ3v) is 2.60. The molecule has 0 saturated heterocycles. The van der Waals surface area contributed by atoms with Crippen LogP contribution < -0.4 is 0 Å². The first-order chi connectivity index (χ1) is 6.70. The molecule has 1 aromatic carbocycles. The second-order valence-corrected chi connectivity index (χ2v) is 3.57. The normalized spacial score (nSPS) is 10.4. The molecule has 2 rings (SSSR count). The summed E-state index contributed by atoms with van der Waals surface area (Å²) in [5.41, 5.74) is 3.18. The molecule has 0 radical (unpaired) electrons. The highest BCUT2D eigenvalue weighted by atomic mass is 32.1. The standard InChI is InChI=1S/C11H11NOS/c1-8-10(11(14)13-12(8)2)9-6-4-3-5-7-9/h3-7H,1-2H3. The van der Waals surface area contributed by atoms with Crippen LogP contribution in [0.25, 0.3) is 11.1 Å². The first-order valence-corrected chi connectivity index (χ1v) is 4.83. The summed E-state index contributed by atoms with van der Waals surface area (Å²) in [6.45, 7) is 2.00. The molecule has 1 aromatic heterocycles. The van der Waals surface area contributed by atoms with E-state index in [1.807, 2.05) is 44.3 Å². The van der Waals surface area contributed by atoms with E-state index in [4.69, 9.17) is 16.7 Å². The first kappa shape index (κ1) is 9.21. The molecule has 72 valence electrons. The molecule has 0 unspecified atom stereocenters. The van der Waals surface area contributed by atoms with Gasteiger partial charge in [-0.3, -0.25) is 0 Å². The summed E-state index contributed by atoms with van der Waals surface area (Å²) >= 11 is 5.15. The molecule has 0 bridgehead atoms. The minimum Gasteiger partial charge on any atom is -0.368 e. The molecule has 0 aliphatic heterocycles. The van der Waals surface area contributed by atoms with Crippen molar-refractivity contribution in [3.63, 3.8) is 0 Å². The summed E-state index contributed by atoms with van der Waals surface area (Å²) in [5.74, 6) is 0. The molecule has 1 heterocycles. The van der Waals surface area contributed by atoms with Crippen LogP contribution in [0.5, 0.6) is 0 Å². The van der Waals surface area contributed by atoms with Crippen molar-refractivity contribution in [2.75, 3.05) is 0 Å². The van der Waals surface area contributed by atoms with Crippen molar-refractivity contribution >= 4 is 12.2 Å². The Bertz CT molecular complexity index is 496. The molecule has 0 fully saturated rings. The van der Waals surface area contributed by atoms with Crippen molar-refractivity contribution in [1.82, 2.24) is 4.74 Å². The largest absolute Gasteiger partial charge is 0.368 e. The van der Waals surface area contributed by atoms with Gasteiger partial charge >= 0.3 is 0 Å². The summed E-state index contributed by atoms with van der Waals surface area (Å²) in [6.07, 6.45) is 0. The fraction of sp³-hybridized carbons (Fsp3) is 0.182. The van der Waals surface area contributed by atoms with Crippen LogP contribution in [0.4, 0.5) is 0 Å². The van der Waals surface area contributed by atoms with Gasteiger partial charge in [-0.25, -0.2) is 4.74 Å². The molecule has 0 aliphatic rings. The van der Waals surface area contributed by atoms with Crippen molar-refractivity contribution in [2.45, 2.75) is 6.92 Å². The molecular weight excluding hydrogens is 194 g/mol. The molecule has 2 aromatic rings. The van der Waals surface area contributed by atoms with Gasteiger partial charge in [0.25, 0.3) is 0 Å². The van der Waals surface area contributed by atoms with Crippen molar-refractivity contribution < 1.29 is 4.52 Å². The van der Waals surface area contributed by atoms with E-state index in [0.29, 0.717) is 4.71 Å². The van der Waals surface area contributed by atoms with Crippen LogP contribution in [-0.4, -0.2) is 4.74 Å². The maximum atomic E-state index is 5.33. The van der Waals surface area contributed by atoms with E-state index in [2.05, 4.69) is 0 Å². The van der Waals surface area contributed by atoms with Crippen LogP contribution in [0, 0.1) is 11.6 Å². The molecule has 0 amide bonds. The molecule has 0 spiro atoms. The Balaban J connectivity index is 2.69. The number of hydrogen-bond acceptors (Lipinski definition) is 2. The minimum absolute atomic E-state index is 0.552. The lowest BCUT2D eigenvalue weighted by atomic mass is 10.1. The van der Waals surface area contributed by atoms with Crippen LogP contribution in [0.3, 0.4) is 0 Å². The molecular formula is C11H11NOS. The Kier molecular flexibility index (Phi) is 2.25. The minimum atomic E-state index is 0.552. The van der Waals surface area contributed by atoms with Crippen molar-refractivity contribution in [1.29, 1.82) is 0 Å². The van der Waals surface area contributed by atoms with Gasteiger partial charge in [0.2, 0.25) is 4.71 Å². The van der Waals surface area contributed by atoms with Crippen LogP contribution >= 0.6 is 12.2 Å². The van der Waals surface area contributed by atoms with E-state index in [-0.39, 0.29) is 0 Å². The Labute approximate surface area is 87.8 Å². The van der Waals surface area contributed by atoms with Gasteiger partial charge in [0.1, 0.15) is 0 Å². The second-order valence-electron chi connectivity index (χ2n) is 3.20. The van der Waals surface area contributed by atoms with Gasteiger partial charge in [0.05, 0.1) is 11.3 Å². The average Bonchev–Trinajstić information content (AvgIpc) is 2.43. The van der Waals surface area contributed by atoms with Gasteiger partial charge < -0.3 is 4.52 Å². The summed E-state index contributed by atoms with van der Waals surface area (Å²) in [7, 11) is 1.86. The van der Waals surface area contributed by atoms with Gasteiger partial charge in [-0.15, -0.1) is 0 Å². The zero-order chi connectivity index (χ0) is 10.1. The zero-order valence-corrected chi connectivity index (χ0v) is 8.97. The van der Waals surface area contributed by atoms with Crippen LogP contribution in [0.1, 0.15) is 5.69 Å².